The van der Waals surface area contributed by atoms with E-state index in [1.165, 1.54) is 16.8 Å². The fourth-order valence-electron chi connectivity index (χ4n) is 4.80. The predicted molar refractivity (Wildman–Crippen MR) is 129 cm³/mol. The molecule has 0 aliphatic carbocycles. The van der Waals surface area contributed by atoms with Gasteiger partial charge in [-0.3, -0.25) is 9.69 Å². The van der Waals surface area contributed by atoms with Crippen LogP contribution in [0.5, 0.6) is 0 Å². The number of amides is 1. The molecule has 0 spiro atoms. The molecule has 2 aliphatic rings. The number of carbonyl (C=O) groups excluding carboxylic acids is 1. The van der Waals surface area contributed by atoms with E-state index in [1.54, 1.807) is 0 Å². The van der Waals surface area contributed by atoms with Crippen molar-refractivity contribution < 1.29 is 4.79 Å². The third-order valence-corrected chi connectivity index (χ3v) is 7.49. The van der Waals surface area contributed by atoms with Crippen molar-refractivity contribution in [2.24, 2.45) is 5.92 Å². The third-order valence-electron chi connectivity index (χ3n) is 6.75. The minimum Gasteiger partial charge on any atom is -0.368 e. The lowest BCUT2D eigenvalue weighted by Gasteiger charge is -2.40. The van der Waals surface area contributed by atoms with E-state index in [9.17, 15) is 4.79 Å². The second-order valence-electron chi connectivity index (χ2n) is 8.85. The van der Waals surface area contributed by atoms with Crippen molar-refractivity contribution in [3.8, 4) is 0 Å². The topological polar surface area (TPSA) is 26.8 Å². The fourth-order valence-corrected chi connectivity index (χ4v) is 5.12. The van der Waals surface area contributed by atoms with Gasteiger partial charge in [0, 0.05) is 45.0 Å². The Kier molecular flexibility index (Phi) is 7.10. The number of hydrogen-bond acceptors (Lipinski definition) is 3. The number of hydrogen-bond donors (Lipinski definition) is 0. The van der Waals surface area contributed by atoms with Crippen LogP contribution in [0.1, 0.15) is 29.5 Å². The van der Waals surface area contributed by atoms with Crippen molar-refractivity contribution in [2.75, 3.05) is 44.2 Å². The molecule has 166 valence electrons. The Labute approximate surface area is 195 Å². The van der Waals surface area contributed by atoms with Gasteiger partial charge in [-0.2, -0.15) is 0 Å². The van der Waals surface area contributed by atoms with E-state index in [0.29, 0.717) is 16.0 Å². The standard InChI is InChI=1S/C25H31Cl2N3O/c1-18-5-3-7-24(19(18)2)29-11-13-30(14-12-29)25(31)21-6-4-10-28(17-21)16-20-8-9-22(26)23(27)15-20/h3,5,7-9,15,21H,4,6,10-14,16-17H2,1-2H3. The number of anilines is 1. The molecule has 2 heterocycles. The first-order chi connectivity index (χ1) is 14.9. The van der Waals surface area contributed by atoms with Gasteiger partial charge in [0.15, 0.2) is 0 Å². The van der Waals surface area contributed by atoms with Gasteiger partial charge in [0.05, 0.1) is 16.0 Å². The van der Waals surface area contributed by atoms with Crippen LogP contribution in [0.15, 0.2) is 36.4 Å². The summed E-state index contributed by atoms with van der Waals surface area (Å²) in [6.07, 6.45) is 2.04. The quantitative estimate of drug-likeness (QED) is 0.630. The molecular formula is C25H31Cl2N3O. The highest BCUT2D eigenvalue weighted by atomic mass is 35.5. The zero-order valence-corrected chi connectivity index (χ0v) is 19.9. The van der Waals surface area contributed by atoms with Crippen LogP contribution in [0.25, 0.3) is 0 Å². The Bertz CT molecular complexity index is 940. The van der Waals surface area contributed by atoms with Gasteiger partial charge in [0.1, 0.15) is 0 Å². The number of benzene rings is 2. The van der Waals surface area contributed by atoms with E-state index in [0.717, 1.165) is 64.2 Å². The maximum atomic E-state index is 13.3. The average Bonchev–Trinajstić information content (AvgIpc) is 2.78. The highest BCUT2D eigenvalue weighted by molar-refractivity contribution is 6.42. The van der Waals surface area contributed by atoms with Crippen molar-refractivity contribution >= 4 is 34.8 Å². The van der Waals surface area contributed by atoms with Gasteiger partial charge in [-0.15, -0.1) is 0 Å². The van der Waals surface area contributed by atoms with Gasteiger partial charge < -0.3 is 9.80 Å². The first kappa shape index (κ1) is 22.4. The van der Waals surface area contributed by atoms with Gasteiger partial charge in [0.2, 0.25) is 5.91 Å². The molecule has 0 aromatic heterocycles. The molecule has 2 aromatic carbocycles. The first-order valence-corrected chi connectivity index (χ1v) is 11.9. The average molecular weight is 460 g/mol. The van der Waals surface area contributed by atoms with Crippen molar-refractivity contribution in [1.82, 2.24) is 9.80 Å². The second-order valence-corrected chi connectivity index (χ2v) is 9.67. The van der Waals surface area contributed by atoms with Crippen LogP contribution >= 0.6 is 23.2 Å². The Morgan fingerprint density at radius 1 is 1.00 bits per heavy atom. The molecule has 0 bridgehead atoms. The monoisotopic (exact) mass is 459 g/mol. The van der Waals surface area contributed by atoms with Gasteiger partial charge in [0.25, 0.3) is 0 Å². The van der Waals surface area contributed by atoms with E-state index >= 15 is 0 Å². The first-order valence-electron chi connectivity index (χ1n) is 11.2. The molecule has 31 heavy (non-hydrogen) atoms. The summed E-state index contributed by atoms with van der Waals surface area (Å²) in [6.45, 7) is 10.4. The van der Waals surface area contributed by atoms with E-state index < -0.39 is 0 Å². The maximum Gasteiger partial charge on any atom is 0.227 e. The van der Waals surface area contributed by atoms with Crippen LogP contribution in [0.3, 0.4) is 0 Å². The SMILES string of the molecule is Cc1cccc(N2CCN(C(=O)C3CCCN(Cc4ccc(Cl)c(Cl)c4)C3)CC2)c1C. The molecule has 1 amide bonds. The summed E-state index contributed by atoms with van der Waals surface area (Å²) in [6, 6.07) is 12.3. The molecule has 0 N–H and O–H groups in total. The Balaban J connectivity index is 1.33. The Hall–Kier alpha value is -1.75. The number of halogens is 2. The number of rotatable bonds is 4. The second kappa shape index (κ2) is 9.81. The molecule has 2 saturated heterocycles. The third kappa shape index (κ3) is 5.19. The molecule has 6 heteroatoms. The lowest BCUT2D eigenvalue weighted by molar-refractivity contribution is -0.137. The highest BCUT2D eigenvalue weighted by Crippen LogP contribution is 2.27. The van der Waals surface area contributed by atoms with E-state index in [1.807, 2.05) is 18.2 Å². The molecule has 4 nitrogen and oxygen atoms in total. The Morgan fingerprint density at radius 3 is 2.52 bits per heavy atom. The zero-order valence-electron chi connectivity index (χ0n) is 18.4. The molecule has 0 radical (unpaired) electrons. The van der Waals surface area contributed by atoms with Gasteiger partial charge in [-0.1, -0.05) is 41.4 Å². The summed E-state index contributed by atoms with van der Waals surface area (Å²) in [5, 5.41) is 1.17. The highest BCUT2D eigenvalue weighted by Gasteiger charge is 2.31. The van der Waals surface area contributed by atoms with Crippen LogP contribution in [0.4, 0.5) is 5.69 Å². The minimum absolute atomic E-state index is 0.0868. The van der Waals surface area contributed by atoms with Gasteiger partial charge in [-0.05, 0) is 68.1 Å². The van der Waals surface area contributed by atoms with E-state index in [2.05, 4.69) is 46.7 Å². The van der Waals surface area contributed by atoms with Crippen LogP contribution < -0.4 is 4.90 Å². The molecule has 1 atom stereocenters. The molecule has 2 aromatic rings. The fraction of sp³-hybridized carbons (Fsp3) is 0.480. The number of piperidine rings is 1. The number of aryl methyl sites for hydroxylation is 1. The van der Waals surface area contributed by atoms with Crippen LogP contribution in [0, 0.1) is 19.8 Å². The zero-order chi connectivity index (χ0) is 22.0. The summed E-state index contributed by atoms with van der Waals surface area (Å²) < 4.78 is 0. The smallest absolute Gasteiger partial charge is 0.227 e. The lowest BCUT2D eigenvalue weighted by Crippen LogP contribution is -2.52. The van der Waals surface area contributed by atoms with Crippen molar-refractivity contribution in [3.05, 3.63) is 63.1 Å². The summed E-state index contributed by atoms with van der Waals surface area (Å²) in [4.78, 5) is 20.1. The van der Waals surface area contributed by atoms with Crippen molar-refractivity contribution in [2.45, 2.75) is 33.2 Å². The Morgan fingerprint density at radius 2 is 1.77 bits per heavy atom. The molecule has 4 rings (SSSR count). The number of piperazine rings is 1. The number of nitrogens with zero attached hydrogens (tertiary/aromatic N) is 3. The summed E-state index contributed by atoms with van der Waals surface area (Å²) in [5.41, 5.74) is 5.11. The summed E-state index contributed by atoms with van der Waals surface area (Å²) in [7, 11) is 0. The minimum atomic E-state index is 0.0868. The number of carbonyl (C=O) groups is 1. The molecule has 1 unspecified atom stereocenters. The van der Waals surface area contributed by atoms with Gasteiger partial charge in [-0.25, -0.2) is 0 Å². The molecule has 2 fully saturated rings. The normalized spacial score (nSPS) is 20.2. The summed E-state index contributed by atoms with van der Waals surface area (Å²) in [5.74, 6) is 0.406. The van der Waals surface area contributed by atoms with Crippen LogP contribution in [-0.2, 0) is 11.3 Å². The molecular weight excluding hydrogens is 429 g/mol. The molecule has 0 saturated carbocycles. The maximum absolute atomic E-state index is 13.3. The van der Waals surface area contributed by atoms with Gasteiger partial charge >= 0.3 is 0 Å². The largest absolute Gasteiger partial charge is 0.368 e. The van der Waals surface area contributed by atoms with E-state index in [-0.39, 0.29) is 5.92 Å². The van der Waals surface area contributed by atoms with Crippen LogP contribution in [-0.4, -0.2) is 55.0 Å². The lowest BCUT2D eigenvalue weighted by atomic mass is 9.95. The van der Waals surface area contributed by atoms with Crippen molar-refractivity contribution in [1.29, 1.82) is 0 Å². The van der Waals surface area contributed by atoms with Crippen LogP contribution in [0.2, 0.25) is 10.0 Å². The number of likely N-dealkylation sites (tertiary alicyclic amines) is 1. The van der Waals surface area contributed by atoms with E-state index in [4.69, 9.17) is 23.2 Å². The molecule has 2 aliphatic heterocycles. The summed E-state index contributed by atoms with van der Waals surface area (Å²) >= 11 is 12.2. The van der Waals surface area contributed by atoms with Crippen molar-refractivity contribution in [3.63, 3.8) is 0 Å². The predicted octanol–water partition coefficient (Wildman–Crippen LogP) is 5.17.